The Labute approximate surface area is 115 Å². The van der Waals surface area contributed by atoms with E-state index >= 15 is 0 Å². The van der Waals surface area contributed by atoms with Gasteiger partial charge >= 0.3 is 23.5 Å². The SMILES string of the molecule is BC1CCC(COP(=O)(O)OP(=O)(O)OP(=O)(O)O)O1. The van der Waals surface area contributed by atoms with Gasteiger partial charge in [0.05, 0.1) is 12.7 Å². The van der Waals surface area contributed by atoms with E-state index in [1.807, 2.05) is 0 Å². The Morgan fingerprint density at radius 3 is 2.10 bits per heavy atom. The van der Waals surface area contributed by atoms with Gasteiger partial charge < -0.3 is 24.3 Å². The lowest BCUT2D eigenvalue weighted by molar-refractivity contribution is 0.0400. The molecule has 4 N–H and O–H groups in total. The molecule has 0 aromatic heterocycles. The van der Waals surface area contributed by atoms with Crippen LogP contribution in [-0.4, -0.2) is 46.1 Å². The van der Waals surface area contributed by atoms with Crippen LogP contribution in [0.15, 0.2) is 0 Å². The largest absolute Gasteiger partial charge is 0.490 e. The summed E-state index contributed by atoms with van der Waals surface area (Å²) in [6.07, 6.45) is 0.816. The third-order valence-corrected chi connectivity index (χ3v) is 5.96. The molecule has 1 heterocycles. The minimum atomic E-state index is -5.45. The van der Waals surface area contributed by atoms with E-state index in [0.717, 1.165) is 6.42 Å². The maximum atomic E-state index is 11.3. The zero-order chi connectivity index (χ0) is 15.6. The van der Waals surface area contributed by atoms with Crippen LogP contribution in [0.4, 0.5) is 0 Å². The van der Waals surface area contributed by atoms with E-state index in [4.69, 9.17) is 24.3 Å². The molecule has 1 fully saturated rings. The van der Waals surface area contributed by atoms with Crippen molar-refractivity contribution in [3.63, 3.8) is 0 Å². The van der Waals surface area contributed by atoms with Crippen molar-refractivity contribution >= 4 is 31.3 Å². The molecule has 0 radical (unpaired) electrons. The van der Waals surface area contributed by atoms with E-state index in [1.54, 1.807) is 7.85 Å². The quantitative estimate of drug-likeness (QED) is 0.342. The zero-order valence-corrected chi connectivity index (χ0v) is 12.9. The van der Waals surface area contributed by atoms with Crippen LogP contribution in [0.1, 0.15) is 12.8 Å². The van der Waals surface area contributed by atoms with Gasteiger partial charge in [-0.05, 0) is 12.8 Å². The average Bonchev–Trinajstić information content (AvgIpc) is 2.55. The van der Waals surface area contributed by atoms with Gasteiger partial charge in [0.15, 0.2) is 0 Å². The molecule has 0 aliphatic carbocycles. The number of rotatable bonds is 7. The fourth-order valence-corrected chi connectivity index (χ4v) is 4.54. The summed E-state index contributed by atoms with van der Waals surface area (Å²) < 4.78 is 49.5. The third kappa shape index (κ3) is 7.45. The van der Waals surface area contributed by atoms with Crippen LogP contribution in [0.5, 0.6) is 0 Å². The van der Waals surface area contributed by atoms with Crippen LogP contribution in [0.3, 0.4) is 0 Å². The second-order valence-electron chi connectivity index (χ2n) is 4.03. The summed E-state index contributed by atoms with van der Waals surface area (Å²) in [5.41, 5.74) is 0. The molecule has 1 saturated heterocycles. The predicted molar refractivity (Wildman–Crippen MR) is 66.3 cm³/mol. The predicted octanol–water partition coefficient (Wildman–Crippen LogP) is -0.532. The van der Waals surface area contributed by atoms with E-state index < -0.39 is 29.6 Å². The Bertz CT molecular complexity index is 475. The molecular formula is C5H14BO11P3. The van der Waals surface area contributed by atoms with Gasteiger partial charge in [-0.3, -0.25) is 4.52 Å². The first-order valence-electron chi connectivity index (χ1n) is 5.32. The highest BCUT2D eigenvalue weighted by Gasteiger charge is 2.41. The summed E-state index contributed by atoms with van der Waals surface area (Å²) in [6, 6.07) is -0.0375. The molecule has 1 aliphatic rings. The normalized spacial score (nSPS) is 29.8. The Hall–Kier alpha value is 0.435. The maximum Gasteiger partial charge on any atom is 0.490 e. The summed E-state index contributed by atoms with van der Waals surface area (Å²) in [5, 5.41) is 0. The van der Waals surface area contributed by atoms with E-state index in [0.29, 0.717) is 6.42 Å². The molecule has 1 aliphatic heterocycles. The highest BCUT2D eigenvalue weighted by atomic mass is 31.3. The molecule has 0 bridgehead atoms. The molecule has 1 rings (SSSR count). The Kier molecular flexibility index (Phi) is 6.18. The van der Waals surface area contributed by atoms with Crippen LogP contribution in [0.25, 0.3) is 0 Å². The standard InChI is InChI=1S/C5H14BO11P3/c6-5-2-1-4(15-5)3-14-19(10,11)17-20(12,13)16-18(7,8)9/h4-5H,1-3,6H2,(H,10,11)(H,12,13)(H2,7,8,9). The van der Waals surface area contributed by atoms with E-state index in [-0.39, 0.29) is 12.6 Å². The summed E-state index contributed by atoms with van der Waals surface area (Å²) in [7, 11) is -14.1. The summed E-state index contributed by atoms with van der Waals surface area (Å²) in [5.74, 6) is 0. The van der Waals surface area contributed by atoms with E-state index in [2.05, 4.69) is 13.1 Å². The van der Waals surface area contributed by atoms with Gasteiger partial charge in [0.25, 0.3) is 0 Å². The fraction of sp³-hybridized carbons (Fsp3) is 1.00. The van der Waals surface area contributed by atoms with Gasteiger partial charge in [0.2, 0.25) is 0 Å². The van der Waals surface area contributed by atoms with Crippen molar-refractivity contribution in [1.29, 1.82) is 0 Å². The molecule has 0 aromatic rings. The van der Waals surface area contributed by atoms with Gasteiger partial charge in [-0.1, -0.05) is 0 Å². The molecule has 11 nitrogen and oxygen atoms in total. The van der Waals surface area contributed by atoms with Gasteiger partial charge in [-0.15, -0.1) is 0 Å². The van der Waals surface area contributed by atoms with Gasteiger partial charge in [-0.25, -0.2) is 13.7 Å². The Morgan fingerprint density at radius 1 is 1.05 bits per heavy atom. The minimum Gasteiger partial charge on any atom is -0.382 e. The van der Waals surface area contributed by atoms with Crippen LogP contribution in [0.2, 0.25) is 0 Å². The van der Waals surface area contributed by atoms with E-state index in [1.165, 1.54) is 0 Å². The molecular weight excluding hydrogens is 340 g/mol. The first kappa shape index (κ1) is 18.5. The van der Waals surface area contributed by atoms with Gasteiger partial charge in [0, 0.05) is 6.00 Å². The monoisotopic (exact) mass is 354 g/mol. The molecule has 15 heteroatoms. The highest BCUT2D eigenvalue weighted by Crippen LogP contribution is 2.66. The van der Waals surface area contributed by atoms with Crippen LogP contribution >= 0.6 is 23.5 Å². The van der Waals surface area contributed by atoms with Crippen molar-refractivity contribution in [3.8, 4) is 0 Å². The van der Waals surface area contributed by atoms with Crippen molar-refractivity contribution in [2.45, 2.75) is 24.9 Å². The topological polar surface area (TPSA) is 169 Å². The number of phosphoric ester groups is 1. The van der Waals surface area contributed by atoms with E-state index in [9.17, 15) is 13.7 Å². The molecule has 118 valence electrons. The summed E-state index contributed by atoms with van der Waals surface area (Å²) >= 11 is 0. The van der Waals surface area contributed by atoms with Crippen molar-refractivity contribution in [2.75, 3.05) is 6.61 Å². The highest BCUT2D eigenvalue weighted by molar-refractivity contribution is 7.66. The number of phosphoric acid groups is 3. The lowest BCUT2D eigenvalue weighted by atomic mass is 9.97. The number of hydrogen-bond acceptors (Lipinski definition) is 7. The van der Waals surface area contributed by atoms with Gasteiger partial charge in [-0.2, -0.15) is 8.62 Å². The second kappa shape index (κ2) is 6.68. The molecule has 20 heavy (non-hydrogen) atoms. The van der Waals surface area contributed by atoms with Crippen molar-refractivity contribution in [2.24, 2.45) is 0 Å². The maximum absolute atomic E-state index is 11.3. The summed E-state index contributed by atoms with van der Waals surface area (Å²) in [6.45, 7) is -0.381. The van der Waals surface area contributed by atoms with Crippen molar-refractivity contribution in [3.05, 3.63) is 0 Å². The number of hydrogen-bond donors (Lipinski definition) is 4. The second-order valence-corrected chi connectivity index (χ2v) is 8.45. The molecule has 0 spiro atoms. The molecule has 0 amide bonds. The third-order valence-electron chi connectivity index (χ3n) is 2.16. The Balaban J connectivity index is 2.50. The Morgan fingerprint density at radius 2 is 1.65 bits per heavy atom. The molecule has 4 unspecified atom stereocenters. The van der Waals surface area contributed by atoms with Crippen LogP contribution in [-0.2, 0) is 31.6 Å². The molecule has 0 saturated carbocycles. The van der Waals surface area contributed by atoms with Crippen LogP contribution in [0, 0.1) is 0 Å². The first-order valence-corrected chi connectivity index (χ1v) is 9.84. The lowest BCUT2D eigenvalue weighted by Gasteiger charge is -2.17. The zero-order valence-electron chi connectivity index (χ0n) is 10.3. The lowest BCUT2D eigenvalue weighted by Crippen LogP contribution is -2.16. The molecule has 4 atom stereocenters. The summed E-state index contributed by atoms with van der Waals surface area (Å²) in [4.78, 5) is 34.7. The average molecular weight is 354 g/mol. The van der Waals surface area contributed by atoms with Crippen molar-refractivity contribution in [1.82, 2.24) is 0 Å². The van der Waals surface area contributed by atoms with Gasteiger partial charge in [0.1, 0.15) is 7.85 Å². The first-order chi connectivity index (χ1) is 8.89. The smallest absolute Gasteiger partial charge is 0.382 e. The van der Waals surface area contributed by atoms with Crippen molar-refractivity contribution < 1.29 is 51.2 Å². The van der Waals surface area contributed by atoms with Crippen LogP contribution < -0.4 is 0 Å². The molecule has 0 aromatic carbocycles. The number of ether oxygens (including phenoxy) is 1. The fourth-order valence-electron chi connectivity index (χ4n) is 1.49. The minimum absolute atomic E-state index is 0.0375.